The maximum Gasteiger partial charge on any atom is 0.167 e. The third-order valence-corrected chi connectivity index (χ3v) is 4.47. The first kappa shape index (κ1) is 12.2. The van der Waals surface area contributed by atoms with Crippen molar-refractivity contribution < 1.29 is 4.79 Å². The fourth-order valence-corrected chi connectivity index (χ4v) is 3.54. The number of hydrogen-bond acceptors (Lipinski definition) is 2. The average Bonchev–Trinajstić information content (AvgIpc) is 2.90. The summed E-state index contributed by atoms with van der Waals surface area (Å²) in [5.74, 6) is 0. The Morgan fingerprint density at radius 1 is 1.16 bits per heavy atom. The number of aryl methyl sites for hydroxylation is 3. The van der Waals surface area contributed by atoms with Crippen LogP contribution in [0.5, 0.6) is 0 Å². The second-order valence-corrected chi connectivity index (χ2v) is 6.29. The Morgan fingerprint density at radius 2 is 1.95 bits per heavy atom. The first-order valence-electron chi connectivity index (χ1n) is 6.25. The van der Waals surface area contributed by atoms with Crippen LogP contribution in [0.3, 0.4) is 0 Å². The maximum atomic E-state index is 11.5. The van der Waals surface area contributed by atoms with E-state index in [1.807, 2.05) is 16.7 Å². The summed E-state index contributed by atoms with van der Waals surface area (Å²) in [7, 11) is 0. The molecule has 3 rings (SSSR count). The number of rotatable bonds is 2. The van der Waals surface area contributed by atoms with Gasteiger partial charge in [0.05, 0.1) is 5.69 Å². The standard InChI is InChI=1S/C16H15NOS/c1-10-5-4-6-17-15(10)8-14(16(17)9-18)13-7-11(2)19-12(13)3/h4-9H,1-3H3. The normalized spacial score (nSPS) is 11.1. The molecule has 96 valence electrons. The fraction of sp³-hybridized carbons (Fsp3) is 0.188. The summed E-state index contributed by atoms with van der Waals surface area (Å²) in [6.45, 7) is 6.28. The van der Waals surface area contributed by atoms with Crippen LogP contribution >= 0.6 is 11.3 Å². The molecule has 0 saturated carbocycles. The number of aldehydes is 1. The lowest BCUT2D eigenvalue weighted by Crippen LogP contribution is -1.92. The van der Waals surface area contributed by atoms with Gasteiger partial charge in [0.1, 0.15) is 0 Å². The van der Waals surface area contributed by atoms with Gasteiger partial charge in [-0.2, -0.15) is 0 Å². The number of nitrogens with zero attached hydrogens (tertiary/aromatic N) is 1. The van der Waals surface area contributed by atoms with Gasteiger partial charge in [0, 0.05) is 27.0 Å². The van der Waals surface area contributed by atoms with Gasteiger partial charge >= 0.3 is 0 Å². The first-order valence-corrected chi connectivity index (χ1v) is 7.06. The number of thiophene rings is 1. The van der Waals surface area contributed by atoms with Crippen LogP contribution in [0.1, 0.15) is 25.8 Å². The highest BCUT2D eigenvalue weighted by molar-refractivity contribution is 7.12. The molecule has 0 atom stereocenters. The molecule has 0 amide bonds. The van der Waals surface area contributed by atoms with Crippen molar-refractivity contribution in [2.75, 3.05) is 0 Å². The number of carbonyl (C=O) groups excluding carboxylic acids is 1. The quantitative estimate of drug-likeness (QED) is 0.632. The summed E-state index contributed by atoms with van der Waals surface area (Å²) >= 11 is 1.77. The van der Waals surface area contributed by atoms with Gasteiger partial charge in [-0.3, -0.25) is 4.79 Å². The van der Waals surface area contributed by atoms with Crippen LogP contribution < -0.4 is 0 Å². The van der Waals surface area contributed by atoms with Gasteiger partial charge in [0.2, 0.25) is 0 Å². The second-order valence-electron chi connectivity index (χ2n) is 4.83. The molecular formula is C16H15NOS. The first-order chi connectivity index (χ1) is 9.11. The van der Waals surface area contributed by atoms with Crippen molar-refractivity contribution in [2.45, 2.75) is 20.8 Å². The number of hydrogen-bond donors (Lipinski definition) is 0. The molecule has 0 fully saturated rings. The van der Waals surface area contributed by atoms with Crippen LogP contribution in [-0.4, -0.2) is 10.7 Å². The molecular weight excluding hydrogens is 254 g/mol. The molecule has 2 nitrogen and oxygen atoms in total. The summed E-state index contributed by atoms with van der Waals surface area (Å²) in [6, 6.07) is 8.33. The summed E-state index contributed by atoms with van der Waals surface area (Å²) in [5, 5.41) is 0. The van der Waals surface area contributed by atoms with Crippen molar-refractivity contribution in [3.05, 3.63) is 51.5 Å². The van der Waals surface area contributed by atoms with Gasteiger partial charge < -0.3 is 4.40 Å². The Labute approximate surface area is 116 Å². The second kappa shape index (κ2) is 4.35. The van der Waals surface area contributed by atoms with E-state index in [2.05, 4.69) is 39.0 Å². The molecule has 3 aromatic heterocycles. The van der Waals surface area contributed by atoms with Crippen molar-refractivity contribution in [3.8, 4) is 11.1 Å². The lowest BCUT2D eigenvalue weighted by atomic mass is 10.1. The van der Waals surface area contributed by atoms with Crippen LogP contribution in [0.15, 0.2) is 30.5 Å². The Kier molecular flexibility index (Phi) is 2.79. The Morgan fingerprint density at radius 3 is 2.58 bits per heavy atom. The molecule has 0 spiro atoms. The predicted octanol–water partition coefficient (Wildman–Crippen LogP) is 4.41. The zero-order valence-corrected chi connectivity index (χ0v) is 12.0. The maximum absolute atomic E-state index is 11.5. The monoisotopic (exact) mass is 269 g/mol. The van der Waals surface area contributed by atoms with E-state index in [0.29, 0.717) is 0 Å². The van der Waals surface area contributed by atoms with Crippen LogP contribution in [0.4, 0.5) is 0 Å². The van der Waals surface area contributed by atoms with E-state index in [-0.39, 0.29) is 0 Å². The molecule has 0 saturated heterocycles. The van der Waals surface area contributed by atoms with E-state index in [9.17, 15) is 4.79 Å². The predicted molar refractivity (Wildman–Crippen MR) is 80.3 cm³/mol. The van der Waals surface area contributed by atoms with Gasteiger partial charge in [0.25, 0.3) is 0 Å². The molecule has 3 aromatic rings. The van der Waals surface area contributed by atoms with E-state index >= 15 is 0 Å². The fourth-order valence-electron chi connectivity index (χ4n) is 2.60. The van der Waals surface area contributed by atoms with Gasteiger partial charge in [-0.05, 0) is 50.1 Å². The number of fused-ring (bicyclic) bond motifs is 1. The van der Waals surface area contributed by atoms with E-state index in [1.165, 1.54) is 20.9 Å². The van der Waals surface area contributed by atoms with E-state index < -0.39 is 0 Å². The highest BCUT2D eigenvalue weighted by Crippen LogP contribution is 2.34. The van der Waals surface area contributed by atoms with Gasteiger partial charge in [-0.15, -0.1) is 11.3 Å². The van der Waals surface area contributed by atoms with E-state index in [4.69, 9.17) is 0 Å². The zero-order chi connectivity index (χ0) is 13.6. The van der Waals surface area contributed by atoms with Crippen molar-refractivity contribution in [1.29, 1.82) is 0 Å². The molecule has 0 aliphatic carbocycles. The minimum Gasteiger partial charge on any atom is -0.313 e. The molecule has 0 unspecified atom stereocenters. The molecule has 19 heavy (non-hydrogen) atoms. The molecule has 0 aliphatic rings. The minimum absolute atomic E-state index is 0.736. The summed E-state index contributed by atoms with van der Waals surface area (Å²) in [6.07, 6.45) is 2.90. The van der Waals surface area contributed by atoms with Crippen molar-refractivity contribution in [2.24, 2.45) is 0 Å². The minimum atomic E-state index is 0.736. The Hall–Kier alpha value is -1.87. The lowest BCUT2D eigenvalue weighted by molar-refractivity contribution is 0.111. The number of carbonyl (C=O) groups is 1. The van der Waals surface area contributed by atoms with Gasteiger partial charge in [-0.25, -0.2) is 0 Å². The van der Waals surface area contributed by atoms with Gasteiger partial charge in [-0.1, -0.05) is 6.07 Å². The number of aromatic nitrogens is 1. The third-order valence-electron chi connectivity index (χ3n) is 3.50. The molecule has 0 aromatic carbocycles. The van der Waals surface area contributed by atoms with Crippen molar-refractivity contribution in [3.63, 3.8) is 0 Å². The zero-order valence-electron chi connectivity index (χ0n) is 11.2. The average molecular weight is 269 g/mol. The smallest absolute Gasteiger partial charge is 0.167 e. The Balaban J connectivity index is 2.38. The molecule has 0 N–H and O–H groups in total. The topological polar surface area (TPSA) is 21.5 Å². The van der Waals surface area contributed by atoms with Crippen LogP contribution in [0, 0.1) is 20.8 Å². The van der Waals surface area contributed by atoms with Crippen LogP contribution in [0.25, 0.3) is 16.6 Å². The number of pyridine rings is 1. The molecule has 3 heterocycles. The van der Waals surface area contributed by atoms with Crippen LogP contribution in [-0.2, 0) is 0 Å². The summed E-state index contributed by atoms with van der Waals surface area (Å²) in [5.41, 5.74) is 5.22. The molecule has 0 radical (unpaired) electrons. The van der Waals surface area contributed by atoms with Gasteiger partial charge in [0.15, 0.2) is 6.29 Å². The SMILES string of the molecule is Cc1cc(-c2cc3c(C)cccn3c2C=O)c(C)s1. The Bertz CT molecular complexity index is 779. The summed E-state index contributed by atoms with van der Waals surface area (Å²) < 4.78 is 1.98. The van der Waals surface area contributed by atoms with E-state index in [1.54, 1.807) is 11.3 Å². The van der Waals surface area contributed by atoms with Crippen molar-refractivity contribution in [1.82, 2.24) is 4.40 Å². The molecule has 3 heteroatoms. The van der Waals surface area contributed by atoms with E-state index in [0.717, 1.165) is 23.1 Å². The highest BCUT2D eigenvalue weighted by Gasteiger charge is 2.15. The third kappa shape index (κ3) is 1.81. The van der Waals surface area contributed by atoms with Crippen LogP contribution in [0.2, 0.25) is 0 Å². The largest absolute Gasteiger partial charge is 0.313 e. The summed E-state index contributed by atoms with van der Waals surface area (Å²) in [4.78, 5) is 14.0. The lowest BCUT2D eigenvalue weighted by Gasteiger charge is -2.00. The molecule has 0 bridgehead atoms. The molecule has 0 aliphatic heterocycles. The van der Waals surface area contributed by atoms with Crippen molar-refractivity contribution >= 4 is 23.1 Å². The highest BCUT2D eigenvalue weighted by atomic mass is 32.1.